The fourth-order valence-electron chi connectivity index (χ4n) is 3.83. The van der Waals surface area contributed by atoms with Gasteiger partial charge in [-0.1, -0.05) is 19.8 Å². The molecule has 2 rings (SSSR count). The van der Waals surface area contributed by atoms with Crippen molar-refractivity contribution >= 4 is 5.91 Å². The highest BCUT2D eigenvalue weighted by molar-refractivity contribution is 5.82. The van der Waals surface area contributed by atoms with Crippen molar-refractivity contribution in [1.29, 1.82) is 0 Å². The molecule has 1 saturated heterocycles. The van der Waals surface area contributed by atoms with Crippen LogP contribution in [-0.2, 0) is 4.79 Å². The molecule has 21 heavy (non-hydrogen) atoms. The summed E-state index contributed by atoms with van der Waals surface area (Å²) in [6, 6.07) is 0.664. The van der Waals surface area contributed by atoms with Crippen molar-refractivity contribution in [1.82, 2.24) is 15.1 Å². The molecule has 3 atom stereocenters. The summed E-state index contributed by atoms with van der Waals surface area (Å²) in [5.41, 5.74) is 0. The fourth-order valence-corrected chi connectivity index (χ4v) is 3.83. The van der Waals surface area contributed by atoms with Crippen LogP contribution in [-0.4, -0.2) is 61.5 Å². The molecule has 4 nitrogen and oxygen atoms in total. The standard InChI is InChI=1S/C17H33N3O/c1-4-11-20(13-12-19(2)3)17(21)16-10-9-14-7-5-6-8-15(14)18-16/h14-16,18H,4-13H2,1-3H3. The topological polar surface area (TPSA) is 35.6 Å². The first kappa shape index (κ1) is 16.8. The Hall–Kier alpha value is -0.610. The van der Waals surface area contributed by atoms with E-state index in [4.69, 9.17) is 0 Å². The average molecular weight is 295 g/mol. The van der Waals surface area contributed by atoms with Gasteiger partial charge in [-0.2, -0.15) is 0 Å². The Morgan fingerprint density at radius 1 is 1.05 bits per heavy atom. The predicted molar refractivity (Wildman–Crippen MR) is 87.3 cm³/mol. The quantitative estimate of drug-likeness (QED) is 0.815. The first-order valence-electron chi connectivity index (χ1n) is 8.81. The van der Waals surface area contributed by atoms with Crippen molar-refractivity contribution in [3.63, 3.8) is 0 Å². The van der Waals surface area contributed by atoms with Gasteiger partial charge in [-0.3, -0.25) is 4.79 Å². The van der Waals surface area contributed by atoms with E-state index in [1.165, 1.54) is 32.1 Å². The number of nitrogens with one attached hydrogen (secondary N) is 1. The van der Waals surface area contributed by atoms with Crippen molar-refractivity contribution in [2.75, 3.05) is 33.7 Å². The van der Waals surface area contributed by atoms with Crippen molar-refractivity contribution < 1.29 is 4.79 Å². The van der Waals surface area contributed by atoms with E-state index in [1.54, 1.807) is 0 Å². The number of fused-ring (bicyclic) bond motifs is 1. The summed E-state index contributed by atoms with van der Waals surface area (Å²) in [5, 5.41) is 3.68. The van der Waals surface area contributed by atoms with Crippen molar-refractivity contribution in [3.05, 3.63) is 0 Å². The molecular weight excluding hydrogens is 262 g/mol. The van der Waals surface area contributed by atoms with E-state index < -0.39 is 0 Å². The number of piperidine rings is 1. The smallest absolute Gasteiger partial charge is 0.239 e. The van der Waals surface area contributed by atoms with Crippen LogP contribution in [0.4, 0.5) is 0 Å². The second-order valence-electron chi connectivity index (χ2n) is 7.08. The molecule has 1 N–H and O–H groups in total. The Kier molecular flexibility index (Phi) is 6.49. The third kappa shape index (κ3) is 4.68. The normalized spacial score (nSPS) is 29.2. The van der Waals surface area contributed by atoms with Gasteiger partial charge in [0.2, 0.25) is 5.91 Å². The van der Waals surface area contributed by atoms with Crippen LogP contribution in [0.5, 0.6) is 0 Å². The average Bonchev–Trinajstić information content (AvgIpc) is 2.50. The lowest BCUT2D eigenvalue weighted by atomic mass is 9.77. The lowest BCUT2D eigenvalue weighted by Crippen LogP contribution is -2.56. The first-order valence-corrected chi connectivity index (χ1v) is 8.81. The molecule has 0 bridgehead atoms. The summed E-state index contributed by atoms with van der Waals surface area (Å²) in [4.78, 5) is 17.0. The van der Waals surface area contributed by atoms with Crippen LogP contribution in [0.1, 0.15) is 51.9 Å². The Bertz CT molecular complexity index is 332. The van der Waals surface area contributed by atoms with E-state index in [0.717, 1.165) is 38.4 Å². The zero-order valence-electron chi connectivity index (χ0n) is 14.1. The van der Waals surface area contributed by atoms with Gasteiger partial charge in [0.1, 0.15) is 0 Å². The Morgan fingerprint density at radius 2 is 1.81 bits per heavy atom. The SMILES string of the molecule is CCCN(CCN(C)C)C(=O)C1CCC2CCCCC2N1. The Labute approximate surface area is 130 Å². The third-order valence-electron chi connectivity index (χ3n) is 5.07. The molecule has 0 aromatic carbocycles. The lowest BCUT2D eigenvalue weighted by molar-refractivity contribution is -0.135. The number of hydrogen-bond donors (Lipinski definition) is 1. The number of carbonyl (C=O) groups excluding carboxylic acids is 1. The number of nitrogens with zero attached hydrogens (tertiary/aromatic N) is 2. The molecule has 1 aliphatic carbocycles. The second kappa shape index (κ2) is 8.14. The molecule has 0 spiro atoms. The Morgan fingerprint density at radius 3 is 2.52 bits per heavy atom. The number of likely N-dealkylation sites (N-methyl/N-ethyl adjacent to an activating group) is 1. The molecule has 0 radical (unpaired) electrons. The van der Waals surface area contributed by atoms with Gasteiger partial charge in [0.15, 0.2) is 0 Å². The van der Waals surface area contributed by atoms with Crippen molar-refractivity contribution in [2.24, 2.45) is 5.92 Å². The summed E-state index contributed by atoms with van der Waals surface area (Å²) in [7, 11) is 4.14. The summed E-state index contributed by atoms with van der Waals surface area (Å²) >= 11 is 0. The molecule has 2 aliphatic rings. The third-order valence-corrected chi connectivity index (χ3v) is 5.07. The Balaban J connectivity index is 1.90. The van der Waals surface area contributed by atoms with E-state index in [-0.39, 0.29) is 6.04 Å². The van der Waals surface area contributed by atoms with Gasteiger partial charge in [0, 0.05) is 25.7 Å². The maximum atomic E-state index is 12.8. The molecule has 3 unspecified atom stereocenters. The van der Waals surface area contributed by atoms with Gasteiger partial charge < -0.3 is 15.1 Å². The molecule has 122 valence electrons. The minimum atomic E-state index is 0.0677. The zero-order chi connectivity index (χ0) is 15.2. The highest BCUT2D eigenvalue weighted by Crippen LogP contribution is 2.32. The molecule has 2 fully saturated rings. The number of carbonyl (C=O) groups is 1. The number of amides is 1. The summed E-state index contributed by atoms with van der Waals surface area (Å²) in [6.45, 7) is 4.84. The van der Waals surface area contributed by atoms with E-state index in [0.29, 0.717) is 11.9 Å². The number of rotatable bonds is 6. The summed E-state index contributed by atoms with van der Waals surface area (Å²) < 4.78 is 0. The molecule has 1 heterocycles. The molecule has 0 aromatic heterocycles. The van der Waals surface area contributed by atoms with Crippen molar-refractivity contribution in [3.8, 4) is 0 Å². The van der Waals surface area contributed by atoms with Crippen LogP contribution in [0.2, 0.25) is 0 Å². The second-order valence-corrected chi connectivity index (χ2v) is 7.08. The van der Waals surface area contributed by atoms with E-state index in [1.807, 2.05) is 0 Å². The van der Waals surface area contributed by atoms with Crippen LogP contribution >= 0.6 is 0 Å². The van der Waals surface area contributed by atoms with Crippen LogP contribution in [0.3, 0.4) is 0 Å². The molecule has 1 amide bonds. The highest BCUT2D eigenvalue weighted by atomic mass is 16.2. The van der Waals surface area contributed by atoms with Gasteiger partial charge in [0.25, 0.3) is 0 Å². The van der Waals surface area contributed by atoms with Gasteiger partial charge in [-0.05, 0) is 52.1 Å². The first-order chi connectivity index (χ1) is 10.1. The summed E-state index contributed by atoms with van der Waals surface area (Å²) in [5.74, 6) is 1.16. The minimum Gasteiger partial charge on any atom is -0.340 e. The van der Waals surface area contributed by atoms with Crippen LogP contribution in [0, 0.1) is 5.92 Å². The molecule has 4 heteroatoms. The lowest BCUT2D eigenvalue weighted by Gasteiger charge is -2.41. The molecule has 1 saturated carbocycles. The number of hydrogen-bond acceptors (Lipinski definition) is 3. The minimum absolute atomic E-state index is 0.0677. The maximum absolute atomic E-state index is 12.8. The predicted octanol–water partition coefficient (Wildman–Crippen LogP) is 2.10. The summed E-state index contributed by atoms with van der Waals surface area (Å²) in [6.07, 6.45) is 8.64. The van der Waals surface area contributed by atoms with Crippen LogP contribution in [0.15, 0.2) is 0 Å². The molecule has 0 aromatic rings. The van der Waals surface area contributed by atoms with E-state index in [2.05, 4.69) is 36.1 Å². The van der Waals surface area contributed by atoms with Crippen LogP contribution in [0.25, 0.3) is 0 Å². The highest BCUT2D eigenvalue weighted by Gasteiger charge is 2.35. The molecule has 1 aliphatic heterocycles. The van der Waals surface area contributed by atoms with E-state index in [9.17, 15) is 4.79 Å². The fraction of sp³-hybridized carbons (Fsp3) is 0.941. The maximum Gasteiger partial charge on any atom is 0.239 e. The van der Waals surface area contributed by atoms with Gasteiger partial charge in [0.05, 0.1) is 6.04 Å². The van der Waals surface area contributed by atoms with Crippen LogP contribution < -0.4 is 5.32 Å². The van der Waals surface area contributed by atoms with E-state index >= 15 is 0 Å². The van der Waals surface area contributed by atoms with Gasteiger partial charge in [-0.25, -0.2) is 0 Å². The molecular formula is C17H33N3O. The monoisotopic (exact) mass is 295 g/mol. The van der Waals surface area contributed by atoms with Crippen molar-refractivity contribution in [2.45, 2.75) is 64.0 Å². The van der Waals surface area contributed by atoms with Gasteiger partial charge >= 0.3 is 0 Å². The van der Waals surface area contributed by atoms with Gasteiger partial charge in [-0.15, -0.1) is 0 Å². The largest absolute Gasteiger partial charge is 0.340 e. The zero-order valence-corrected chi connectivity index (χ0v) is 14.1.